The average Bonchev–Trinajstić information content (AvgIpc) is 1.65. The molecule has 4 aliphatic heterocycles. The highest BCUT2D eigenvalue weighted by atomic mass is 79.9. The van der Waals surface area contributed by atoms with Crippen LogP contribution in [-0.4, -0.2) is 333 Å². The van der Waals surface area contributed by atoms with Crippen molar-refractivity contribution in [1.29, 1.82) is 0 Å². The fraction of sp³-hybridized carbons (Fsp3) is 0.534. The SMILES string of the molecule is CC(C)(C)NCCS(=O)(=O)O.CCNCCS(=O)(=O)O.CN(C)CCS(=O)(=O)O.N[C@@H](Cc1ccccc1)C(=O)NCCCS(=O)(=O)O.O=C(O)c1ccc2[nH]c3c(c2c1)CCN(CCCCS(=O)(=O)O)C3.O=C(O)c1ccc2[nH]c3c(c2c1)CCN(CCCCS(=O)(=O)O)C3.O=S(=O)(O)CCCCN1CCc2c([nH]c3ccc(Br)cc23)C1.O=S(=O)(O)CCCCN1CCc2c([nH]c3ccccc23)C1. The molecular formula is C88H134BrN13O29S8. The van der Waals surface area contributed by atoms with Gasteiger partial charge in [-0.05, 0) is 246 Å². The van der Waals surface area contributed by atoms with Gasteiger partial charge in [0.1, 0.15) is 0 Å². The van der Waals surface area contributed by atoms with Crippen molar-refractivity contribution in [1.82, 2.24) is 60.4 Å². The highest BCUT2D eigenvalue weighted by Gasteiger charge is 2.27. The van der Waals surface area contributed by atoms with E-state index >= 15 is 0 Å². The molecule has 0 aliphatic carbocycles. The number of hydrogen-bond acceptors (Lipinski definition) is 27. The minimum atomic E-state index is -3.97. The van der Waals surface area contributed by atoms with Crippen LogP contribution in [-0.2, 0) is 144 Å². The Labute approximate surface area is 822 Å². The van der Waals surface area contributed by atoms with E-state index in [-0.39, 0.29) is 88.1 Å². The summed E-state index contributed by atoms with van der Waals surface area (Å²) in [5.41, 5.74) is 21.3. The maximum absolute atomic E-state index is 11.6. The summed E-state index contributed by atoms with van der Waals surface area (Å²) in [6, 6.07) is 33.6. The van der Waals surface area contributed by atoms with Crippen molar-refractivity contribution in [3.8, 4) is 0 Å². The first-order valence-corrected chi connectivity index (χ1v) is 58.6. The first-order valence-electron chi connectivity index (χ1n) is 45.0. The molecule has 5 aromatic carbocycles. The molecule has 0 saturated carbocycles. The van der Waals surface area contributed by atoms with Gasteiger partial charge in [-0.15, -0.1) is 0 Å². The topological polar surface area (TPSA) is 668 Å². The van der Waals surface area contributed by atoms with Gasteiger partial charge >= 0.3 is 11.9 Å². The molecule has 0 saturated heterocycles. The number of aromatic carboxylic acids is 2. The number of halogens is 1. The lowest BCUT2D eigenvalue weighted by Crippen LogP contribution is -2.42. The number of H-pyrrole nitrogens is 4. The van der Waals surface area contributed by atoms with Crippen LogP contribution in [0.4, 0.5) is 0 Å². The molecule has 4 aliphatic rings. The number of hydrogen-bond donors (Lipinski definition) is 18. The van der Waals surface area contributed by atoms with Crippen LogP contribution >= 0.6 is 15.9 Å². The van der Waals surface area contributed by atoms with Crippen molar-refractivity contribution >= 4 is 158 Å². The van der Waals surface area contributed by atoms with Crippen LogP contribution in [0.2, 0.25) is 0 Å². The minimum Gasteiger partial charge on any atom is -0.478 e. The predicted octanol–water partition coefficient (Wildman–Crippen LogP) is 8.07. The van der Waals surface area contributed by atoms with Gasteiger partial charge in [-0.25, -0.2) is 9.59 Å². The number of aromatic amines is 4. The van der Waals surface area contributed by atoms with E-state index in [1.807, 2.05) is 70.2 Å². The number of benzene rings is 5. The van der Waals surface area contributed by atoms with Crippen molar-refractivity contribution in [2.75, 3.05) is 145 Å². The zero-order valence-electron chi connectivity index (χ0n) is 78.7. The molecule has 0 fully saturated rings. The predicted molar refractivity (Wildman–Crippen MR) is 540 cm³/mol. The van der Waals surface area contributed by atoms with E-state index in [1.54, 1.807) is 55.4 Å². The molecule has 0 unspecified atom stereocenters. The van der Waals surface area contributed by atoms with E-state index in [1.165, 1.54) is 55.4 Å². The van der Waals surface area contributed by atoms with Gasteiger partial charge in [0.2, 0.25) is 5.91 Å². The Hall–Kier alpha value is -7.89. The van der Waals surface area contributed by atoms with Crippen LogP contribution in [0.25, 0.3) is 43.6 Å². The Bertz CT molecular complexity index is 6340. The van der Waals surface area contributed by atoms with Gasteiger partial charge in [-0.2, -0.15) is 67.3 Å². The average molecular weight is 2170 g/mol. The van der Waals surface area contributed by atoms with Crippen LogP contribution < -0.4 is 21.7 Å². The van der Waals surface area contributed by atoms with E-state index in [0.717, 1.165) is 167 Å². The molecule has 0 spiro atoms. The van der Waals surface area contributed by atoms with Crippen molar-refractivity contribution in [3.05, 3.63) is 175 Å². The summed E-state index contributed by atoms with van der Waals surface area (Å²) < 4.78 is 236. The number of carbonyl (C=O) groups excluding carboxylic acids is 1. The highest BCUT2D eigenvalue weighted by molar-refractivity contribution is 9.10. The Morgan fingerprint density at radius 1 is 0.410 bits per heavy atom. The summed E-state index contributed by atoms with van der Waals surface area (Å²) >= 11 is 3.52. The molecule has 0 bridgehead atoms. The monoisotopic (exact) mass is 2170 g/mol. The molecule has 42 nitrogen and oxygen atoms in total. The third-order valence-corrected chi connectivity index (χ3v) is 28.9. The summed E-state index contributed by atoms with van der Waals surface area (Å²) in [5.74, 6) is -3.88. The third kappa shape index (κ3) is 48.4. The number of fused-ring (bicyclic) bond motifs is 12. The number of carbonyl (C=O) groups is 3. The number of rotatable bonds is 39. The quantitative estimate of drug-likeness (QED) is 0.0128. The van der Waals surface area contributed by atoms with E-state index in [4.69, 9.17) is 52.4 Å². The summed E-state index contributed by atoms with van der Waals surface area (Å²) in [6.07, 6.45) is 9.14. The van der Waals surface area contributed by atoms with Gasteiger partial charge in [0.15, 0.2) is 0 Å². The van der Waals surface area contributed by atoms with Gasteiger partial charge in [-0.3, -0.25) is 60.8 Å². The van der Waals surface area contributed by atoms with Crippen LogP contribution in [0.1, 0.15) is 157 Å². The molecule has 0 radical (unpaired) electrons. The molecule has 13 rings (SSSR count). The Morgan fingerprint density at radius 2 is 0.734 bits per heavy atom. The van der Waals surface area contributed by atoms with Gasteiger partial charge in [0.05, 0.1) is 63.2 Å². The van der Waals surface area contributed by atoms with E-state index in [0.29, 0.717) is 58.0 Å². The summed E-state index contributed by atoms with van der Waals surface area (Å²) in [6.45, 7) is 19.7. The summed E-state index contributed by atoms with van der Waals surface area (Å²) in [7, 11) is -27.2. The Balaban J connectivity index is 0.000000249. The van der Waals surface area contributed by atoms with E-state index in [2.05, 4.69) is 102 Å². The molecule has 780 valence electrons. The van der Waals surface area contributed by atoms with Crippen LogP contribution in [0.15, 0.2) is 114 Å². The molecule has 139 heavy (non-hydrogen) atoms. The van der Waals surface area contributed by atoms with E-state index in [9.17, 15) is 81.7 Å². The lowest BCUT2D eigenvalue weighted by Gasteiger charge is -2.26. The number of nitrogens with one attached hydrogen (secondary N) is 7. The van der Waals surface area contributed by atoms with E-state index < -0.39 is 98.9 Å². The molecule has 19 N–H and O–H groups in total. The summed E-state index contributed by atoms with van der Waals surface area (Å²) in [4.78, 5) is 58.4. The molecular weight excluding hydrogens is 2040 g/mol. The largest absolute Gasteiger partial charge is 0.478 e. The number of carboxylic acid groups (broad SMARTS) is 2. The smallest absolute Gasteiger partial charge is 0.335 e. The molecule has 8 heterocycles. The number of nitrogens with two attached hydrogens (primary N) is 1. The second kappa shape index (κ2) is 55.8. The number of unbranched alkanes of at least 4 members (excludes halogenated alkanes) is 4. The first-order chi connectivity index (χ1) is 64.7. The van der Waals surface area contributed by atoms with Crippen molar-refractivity contribution in [3.63, 3.8) is 0 Å². The molecule has 51 heteroatoms. The number of nitrogens with zero attached hydrogens (tertiary/aromatic N) is 5. The number of amides is 1. The van der Waals surface area contributed by atoms with Crippen molar-refractivity contribution in [2.45, 2.75) is 155 Å². The van der Waals surface area contributed by atoms with Crippen molar-refractivity contribution in [2.24, 2.45) is 5.73 Å². The Morgan fingerprint density at radius 3 is 1.07 bits per heavy atom. The molecule has 9 aromatic rings. The van der Waals surface area contributed by atoms with Crippen LogP contribution in [0.5, 0.6) is 0 Å². The standard InChI is InChI=1S/2C16H20N2O5S.C15H19BrN2O3S.C15H20N2O3S.C12H18N2O4S.C6H15NO3S.2C4H11NO3S/c2*19-16(20)11-3-4-14-13(9-11)12-5-7-18(10-15(12)17-14)6-1-2-8-24(21,22)23;16-11-3-4-14-13(9-11)12-5-7-18(10-15(12)17-14)6-1-2-8-22(19,20)21;18-21(19,20)10-4-3-8-17-9-7-13-12-5-1-2-6-14(12)16-15(13)11-17;13-11(9-10-5-2-1-3-6-10)12(15)14-7-4-8-19(16,17)18;1-6(2,3)7-4-5-11(8,9)10;1-5(2)3-4-9(6,7)8;1-2-5-3-4-9(6,7)8/h2*3-4,9,17H,1-2,5-8,10H2,(H,19,20)(H,21,22,23);3-4,9,17H,1-2,5-8,10H2,(H,19,20,21);1-2,5-6,16H,3-4,7-11H2,(H,18,19,20);1-3,5-6,11H,4,7-9,13H2,(H,14,15)(H,16,17,18);7H,4-5H2,1-3H3,(H,8,9,10);3-4H2,1-2H3,(H,6,7,8);5H,2-4H2,1H3,(H,6,7,8)/t;;;;11-;;;/m....0.../s1. The highest BCUT2D eigenvalue weighted by Crippen LogP contribution is 2.34. The zero-order valence-corrected chi connectivity index (χ0v) is 86.9. The van der Waals surface area contributed by atoms with Gasteiger partial charge in [0.25, 0.3) is 80.9 Å². The maximum Gasteiger partial charge on any atom is 0.335 e. The fourth-order valence-corrected chi connectivity index (χ4v) is 19.9. The second-order valence-electron chi connectivity index (χ2n) is 35.2. The Kier molecular flexibility index (Phi) is 48.1. The van der Waals surface area contributed by atoms with Gasteiger partial charge in [0, 0.05) is 155 Å². The fourth-order valence-electron chi connectivity index (χ4n) is 15.4. The summed E-state index contributed by atoms with van der Waals surface area (Å²) in [5, 5.41) is 31.0. The minimum absolute atomic E-state index is 0.106. The number of para-hydroxylation sites is 1. The third-order valence-electron chi connectivity index (χ3n) is 22.2. The van der Waals surface area contributed by atoms with Crippen molar-refractivity contribution < 1.29 is 128 Å². The molecule has 4 aromatic heterocycles. The van der Waals surface area contributed by atoms with Crippen LogP contribution in [0, 0.1) is 0 Å². The molecule has 1 atom stereocenters. The number of carboxylic acids is 2. The van der Waals surface area contributed by atoms with Gasteiger partial charge in [-0.1, -0.05) is 71.4 Å². The number of aromatic nitrogens is 4. The normalized spacial score (nSPS) is 14.8. The zero-order chi connectivity index (χ0) is 103. The van der Waals surface area contributed by atoms with Crippen LogP contribution in [0.3, 0.4) is 0 Å². The first kappa shape index (κ1) is 120. The lowest BCUT2D eigenvalue weighted by molar-refractivity contribution is -0.122. The molecule has 1 amide bonds. The second-order valence-corrected chi connectivity index (χ2v) is 48.7. The van der Waals surface area contributed by atoms with Gasteiger partial charge < -0.3 is 56.7 Å². The lowest BCUT2D eigenvalue weighted by atomic mass is 10.0. The maximum atomic E-state index is 11.6.